The predicted octanol–water partition coefficient (Wildman–Crippen LogP) is 2.33. The number of hydrogen-bond donors (Lipinski definition) is 0. The predicted molar refractivity (Wildman–Crippen MR) is 76.0 cm³/mol. The van der Waals surface area contributed by atoms with E-state index in [1.807, 2.05) is 33.8 Å². The lowest BCUT2D eigenvalue weighted by Gasteiger charge is -2.24. The SMILES string of the molecule is Cc1cncc(-c2nnc(S(=O)(=O)Cl)n2C(C)(C)C)c1. The van der Waals surface area contributed by atoms with Gasteiger partial charge in [-0.25, -0.2) is 8.42 Å². The molecule has 0 fully saturated rings. The van der Waals surface area contributed by atoms with Gasteiger partial charge in [-0.1, -0.05) is 0 Å². The van der Waals surface area contributed by atoms with Gasteiger partial charge in [-0.15, -0.1) is 10.2 Å². The van der Waals surface area contributed by atoms with Crippen LogP contribution in [0.1, 0.15) is 26.3 Å². The lowest BCUT2D eigenvalue weighted by atomic mass is 10.1. The molecule has 0 aliphatic heterocycles. The largest absolute Gasteiger partial charge is 0.296 e. The highest BCUT2D eigenvalue weighted by molar-refractivity contribution is 8.13. The Balaban J connectivity index is 2.76. The Bertz CT molecular complexity index is 747. The van der Waals surface area contributed by atoms with E-state index >= 15 is 0 Å². The van der Waals surface area contributed by atoms with Crippen molar-refractivity contribution in [2.45, 2.75) is 38.4 Å². The van der Waals surface area contributed by atoms with Crippen LogP contribution < -0.4 is 0 Å². The van der Waals surface area contributed by atoms with Gasteiger partial charge in [0.05, 0.1) is 0 Å². The highest BCUT2D eigenvalue weighted by Gasteiger charge is 2.30. The second kappa shape index (κ2) is 4.82. The second-order valence-corrected chi connectivity index (χ2v) is 7.96. The summed E-state index contributed by atoms with van der Waals surface area (Å²) < 4.78 is 24.8. The van der Waals surface area contributed by atoms with Crippen molar-refractivity contribution in [1.29, 1.82) is 0 Å². The maximum atomic E-state index is 11.6. The number of aromatic nitrogens is 4. The minimum absolute atomic E-state index is 0.261. The Morgan fingerprint density at radius 2 is 1.85 bits per heavy atom. The molecule has 0 bridgehead atoms. The first-order valence-electron chi connectivity index (χ1n) is 5.93. The molecule has 0 radical (unpaired) electrons. The third kappa shape index (κ3) is 2.83. The van der Waals surface area contributed by atoms with Crippen LogP contribution in [0.25, 0.3) is 11.4 Å². The Morgan fingerprint density at radius 1 is 1.20 bits per heavy atom. The van der Waals surface area contributed by atoms with E-state index in [0.29, 0.717) is 11.4 Å². The fourth-order valence-electron chi connectivity index (χ4n) is 1.90. The molecule has 20 heavy (non-hydrogen) atoms. The molecule has 6 nitrogen and oxygen atoms in total. The lowest BCUT2D eigenvalue weighted by molar-refractivity contribution is 0.367. The van der Waals surface area contributed by atoms with Crippen LogP contribution in [0.3, 0.4) is 0 Å². The van der Waals surface area contributed by atoms with Gasteiger partial charge in [0.25, 0.3) is 14.2 Å². The van der Waals surface area contributed by atoms with Crippen LogP contribution in [0.5, 0.6) is 0 Å². The molecule has 0 aliphatic rings. The smallest absolute Gasteiger partial charge is 0.291 e. The average Bonchev–Trinajstić information content (AvgIpc) is 2.72. The molecule has 2 heterocycles. The standard InChI is InChI=1S/C12H15ClN4O2S/c1-8-5-9(7-14-6-8)10-15-16-11(20(13,18)19)17(10)12(2,3)4/h5-7H,1-4H3. The topological polar surface area (TPSA) is 77.7 Å². The van der Waals surface area contributed by atoms with E-state index < -0.39 is 14.6 Å². The quantitative estimate of drug-likeness (QED) is 0.795. The molecule has 2 aromatic rings. The Hall–Kier alpha value is -1.47. The van der Waals surface area contributed by atoms with Crippen LogP contribution in [-0.2, 0) is 14.6 Å². The van der Waals surface area contributed by atoms with Crippen molar-refractivity contribution in [3.63, 3.8) is 0 Å². The summed E-state index contributed by atoms with van der Waals surface area (Å²) in [4.78, 5) is 4.09. The number of aryl methyl sites for hydroxylation is 1. The van der Waals surface area contributed by atoms with Crippen LogP contribution in [-0.4, -0.2) is 28.2 Å². The average molecular weight is 315 g/mol. The maximum Gasteiger partial charge on any atom is 0.296 e. The van der Waals surface area contributed by atoms with Crippen LogP contribution in [0, 0.1) is 6.92 Å². The molecule has 0 saturated carbocycles. The van der Waals surface area contributed by atoms with Crippen LogP contribution in [0.2, 0.25) is 0 Å². The van der Waals surface area contributed by atoms with E-state index in [9.17, 15) is 8.42 Å². The minimum atomic E-state index is -3.97. The highest BCUT2D eigenvalue weighted by atomic mass is 35.7. The number of halogens is 1. The molecular formula is C12H15ClN4O2S. The molecule has 0 N–H and O–H groups in total. The summed E-state index contributed by atoms with van der Waals surface area (Å²) in [5.41, 5.74) is 1.10. The first-order chi connectivity index (χ1) is 9.10. The third-order valence-electron chi connectivity index (χ3n) is 2.66. The van der Waals surface area contributed by atoms with Crippen molar-refractivity contribution in [1.82, 2.24) is 19.7 Å². The van der Waals surface area contributed by atoms with E-state index in [1.165, 1.54) is 4.57 Å². The summed E-state index contributed by atoms with van der Waals surface area (Å²) in [7, 11) is 1.46. The monoisotopic (exact) mass is 314 g/mol. The van der Waals surface area contributed by atoms with Crippen LogP contribution in [0.4, 0.5) is 0 Å². The molecule has 0 atom stereocenters. The van der Waals surface area contributed by atoms with Crippen molar-refractivity contribution in [2.24, 2.45) is 0 Å². The fourth-order valence-corrected chi connectivity index (χ4v) is 2.91. The number of pyridine rings is 1. The van der Waals surface area contributed by atoms with E-state index in [0.717, 1.165) is 5.56 Å². The molecule has 0 amide bonds. The number of nitrogens with zero attached hydrogens (tertiary/aromatic N) is 4. The third-order valence-corrected chi connectivity index (χ3v) is 3.77. The number of hydrogen-bond acceptors (Lipinski definition) is 5. The summed E-state index contributed by atoms with van der Waals surface area (Å²) in [5.74, 6) is 0.424. The van der Waals surface area contributed by atoms with Gasteiger partial charge in [0.1, 0.15) is 0 Å². The van der Waals surface area contributed by atoms with Gasteiger partial charge in [-0.2, -0.15) is 0 Å². The number of rotatable bonds is 2. The van der Waals surface area contributed by atoms with Crippen molar-refractivity contribution in [2.75, 3.05) is 0 Å². The zero-order valence-corrected chi connectivity index (χ0v) is 13.2. The summed E-state index contributed by atoms with van der Waals surface area (Å²) in [6.07, 6.45) is 3.32. The van der Waals surface area contributed by atoms with Gasteiger partial charge in [-0.05, 0) is 39.3 Å². The van der Waals surface area contributed by atoms with Crippen molar-refractivity contribution < 1.29 is 8.42 Å². The molecule has 2 aromatic heterocycles. The Morgan fingerprint density at radius 3 is 2.35 bits per heavy atom. The zero-order valence-electron chi connectivity index (χ0n) is 11.6. The van der Waals surface area contributed by atoms with Crippen molar-refractivity contribution >= 4 is 19.7 Å². The zero-order chi connectivity index (χ0) is 15.1. The van der Waals surface area contributed by atoms with E-state index in [4.69, 9.17) is 10.7 Å². The normalized spacial score (nSPS) is 12.7. The van der Waals surface area contributed by atoms with Gasteiger partial charge in [0.2, 0.25) is 0 Å². The summed E-state index contributed by atoms with van der Waals surface area (Å²) in [5, 5.41) is 7.43. The summed E-state index contributed by atoms with van der Waals surface area (Å²) >= 11 is 0. The summed E-state index contributed by atoms with van der Waals surface area (Å²) in [6, 6.07) is 1.86. The Labute approximate surface area is 122 Å². The fraction of sp³-hybridized carbons (Fsp3) is 0.417. The Kier molecular flexibility index (Phi) is 3.60. The van der Waals surface area contributed by atoms with E-state index in [-0.39, 0.29) is 5.16 Å². The molecule has 108 valence electrons. The van der Waals surface area contributed by atoms with Gasteiger partial charge in [0.15, 0.2) is 5.82 Å². The molecule has 0 unspecified atom stereocenters. The van der Waals surface area contributed by atoms with Crippen LogP contribution in [0.15, 0.2) is 23.6 Å². The molecule has 0 aliphatic carbocycles. The first kappa shape index (κ1) is 14.9. The van der Waals surface area contributed by atoms with Crippen molar-refractivity contribution in [3.05, 3.63) is 24.0 Å². The van der Waals surface area contributed by atoms with Gasteiger partial charge >= 0.3 is 0 Å². The van der Waals surface area contributed by atoms with Crippen LogP contribution >= 0.6 is 10.7 Å². The molecule has 0 aromatic carbocycles. The van der Waals surface area contributed by atoms with Gasteiger partial charge in [-0.3, -0.25) is 9.55 Å². The van der Waals surface area contributed by atoms with E-state index in [1.54, 1.807) is 12.4 Å². The van der Waals surface area contributed by atoms with Crippen molar-refractivity contribution in [3.8, 4) is 11.4 Å². The first-order valence-corrected chi connectivity index (χ1v) is 8.24. The highest BCUT2D eigenvalue weighted by Crippen LogP contribution is 2.29. The molecular weight excluding hydrogens is 300 g/mol. The lowest BCUT2D eigenvalue weighted by Crippen LogP contribution is -2.25. The summed E-state index contributed by atoms with van der Waals surface area (Å²) in [6.45, 7) is 7.46. The second-order valence-electron chi connectivity index (χ2n) is 5.50. The molecule has 0 saturated heterocycles. The molecule has 2 rings (SSSR count). The van der Waals surface area contributed by atoms with Gasteiger partial charge < -0.3 is 0 Å². The maximum absolute atomic E-state index is 11.6. The minimum Gasteiger partial charge on any atom is -0.291 e. The van der Waals surface area contributed by atoms with E-state index in [2.05, 4.69) is 15.2 Å². The van der Waals surface area contributed by atoms with Gasteiger partial charge in [0, 0.05) is 34.2 Å². The molecule has 8 heteroatoms. The molecule has 0 spiro atoms.